The molecule has 2 aromatic heterocycles. The molecule has 0 spiro atoms. The van der Waals surface area contributed by atoms with Crippen molar-refractivity contribution in [1.29, 1.82) is 0 Å². The summed E-state index contributed by atoms with van der Waals surface area (Å²) in [5.41, 5.74) is -1.26. The van der Waals surface area contributed by atoms with Gasteiger partial charge in [-0.05, 0) is 18.2 Å². The molecule has 0 radical (unpaired) electrons. The number of pyridine rings is 2. The second-order valence-electron chi connectivity index (χ2n) is 3.67. The Morgan fingerprint density at radius 1 is 1.30 bits per heavy atom. The predicted molar refractivity (Wildman–Crippen MR) is 60.5 cm³/mol. The number of ether oxygens (including phenoxy) is 1. The third kappa shape index (κ3) is 3.02. The number of halogens is 3. The van der Waals surface area contributed by atoms with Crippen molar-refractivity contribution in [2.75, 3.05) is 0 Å². The first-order chi connectivity index (χ1) is 9.38. The van der Waals surface area contributed by atoms with E-state index in [1.165, 1.54) is 0 Å². The summed E-state index contributed by atoms with van der Waals surface area (Å²) in [5, 5.41) is 8.77. The Bertz CT molecular complexity index is 644. The molecule has 2 aromatic rings. The Labute approximate surface area is 110 Å². The quantitative estimate of drug-likeness (QED) is 0.938. The van der Waals surface area contributed by atoms with E-state index in [2.05, 4.69) is 9.97 Å². The Hall–Kier alpha value is -2.64. The minimum absolute atomic E-state index is 0.144. The molecule has 0 aliphatic heterocycles. The van der Waals surface area contributed by atoms with Crippen LogP contribution in [0.5, 0.6) is 11.6 Å². The van der Waals surface area contributed by atoms with E-state index >= 15 is 0 Å². The average molecular weight is 284 g/mol. The summed E-state index contributed by atoms with van der Waals surface area (Å²) in [6.07, 6.45) is -1.33. The van der Waals surface area contributed by atoms with Crippen LogP contribution in [0.2, 0.25) is 0 Å². The van der Waals surface area contributed by atoms with Crippen LogP contribution >= 0.6 is 0 Å². The van der Waals surface area contributed by atoms with Crippen LogP contribution in [0.1, 0.15) is 15.9 Å². The fourth-order valence-corrected chi connectivity index (χ4v) is 1.39. The molecule has 0 atom stereocenters. The molecule has 0 aliphatic rings. The molecule has 0 saturated heterocycles. The first-order valence-electron chi connectivity index (χ1n) is 5.26. The second-order valence-corrected chi connectivity index (χ2v) is 3.67. The molecule has 8 heteroatoms. The normalized spacial score (nSPS) is 11.2. The van der Waals surface area contributed by atoms with Crippen LogP contribution in [0, 0.1) is 0 Å². The molecule has 0 aliphatic carbocycles. The number of aromatic nitrogens is 2. The summed E-state index contributed by atoms with van der Waals surface area (Å²) in [5.74, 6) is -2.07. The van der Waals surface area contributed by atoms with E-state index in [0.29, 0.717) is 0 Å². The van der Waals surface area contributed by atoms with Crippen LogP contribution in [0.4, 0.5) is 13.2 Å². The zero-order valence-corrected chi connectivity index (χ0v) is 9.76. The molecule has 2 heterocycles. The molecule has 0 aromatic carbocycles. The van der Waals surface area contributed by atoms with Gasteiger partial charge in [0.25, 0.3) is 0 Å². The second kappa shape index (κ2) is 5.16. The number of aromatic carboxylic acids is 1. The van der Waals surface area contributed by atoms with Gasteiger partial charge in [0.15, 0.2) is 0 Å². The molecule has 20 heavy (non-hydrogen) atoms. The first-order valence-corrected chi connectivity index (χ1v) is 5.26. The van der Waals surface area contributed by atoms with Gasteiger partial charge in [-0.15, -0.1) is 0 Å². The first kappa shape index (κ1) is 13.8. The zero-order valence-electron chi connectivity index (χ0n) is 9.76. The summed E-state index contributed by atoms with van der Waals surface area (Å²) >= 11 is 0. The van der Waals surface area contributed by atoms with E-state index in [1.807, 2.05) is 0 Å². The molecule has 2 rings (SSSR count). The third-order valence-corrected chi connectivity index (χ3v) is 2.25. The highest BCUT2D eigenvalue weighted by Crippen LogP contribution is 2.36. The topological polar surface area (TPSA) is 72.3 Å². The molecule has 104 valence electrons. The van der Waals surface area contributed by atoms with Crippen molar-refractivity contribution < 1.29 is 27.8 Å². The smallest absolute Gasteiger partial charge is 0.421 e. The number of hydrogen-bond acceptors (Lipinski definition) is 4. The van der Waals surface area contributed by atoms with Crippen molar-refractivity contribution >= 4 is 5.97 Å². The molecule has 0 unspecified atom stereocenters. The number of alkyl halides is 3. The minimum atomic E-state index is -4.62. The molecule has 0 amide bonds. The van der Waals surface area contributed by atoms with Crippen molar-refractivity contribution in [3.8, 4) is 11.6 Å². The van der Waals surface area contributed by atoms with Gasteiger partial charge >= 0.3 is 12.1 Å². The van der Waals surface area contributed by atoms with Crippen molar-refractivity contribution in [2.45, 2.75) is 6.18 Å². The average Bonchev–Trinajstić information content (AvgIpc) is 2.38. The van der Waals surface area contributed by atoms with Crippen LogP contribution in [0.3, 0.4) is 0 Å². The van der Waals surface area contributed by atoms with Gasteiger partial charge in [0.1, 0.15) is 11.3 Å². The molecular weight excluding hydrogens is 277 g/mol. The third-order valence-electron chi connectivity index (χ3n) is 2.25. The molecular formula is C12H7F3N2O3. The van der Waals surface area contributed by atoms with E-state index in [0.717, 1.165) is 36.8 Å². The van der Waals surface area contributed by atoms with Gasteiger partial charge < -0.3 is 9.84 Å². The highest BCUT2D eigenvalue weighted by molar-refractivity contribution is 5.87. The van der Waals surface area contributed by atoms with Crippen molar-refractivity contribution in [3.05, 3.63) is 47.9 Å². The summed E-state index contributed by atoms with van der Waals surface area (Å²) < 4.78 is 43.2. The van der Waals surface area contributed by atoms with Gasteiger partial charge in [-0.2, -0.15) is 13.2 Å². The number of hydrogen-bond donors (Lipinski definition) is 1. The fraction of sp³-hybridized carbons (Fsp3) is 0.0833. The Kier molecular flexibility index (Phi) is 3.55. The maximum atomic E-state index is 12.7. The van der Waals surface area contributed by atoms with Gasteiger partial charge in [0.05, 0.1) is 11.8 Å². The SMILES string of the molecule is O=C(O)c1cncc(Oc2ncccc2C(F)(F)F)c1. The van der Waals surface area contributed by atoms with Crippen molar-refractivity contribution in [1.82, 2.24) is 9.97 Å². The standard InChI is InChI=1S/C12H7F3N2O3/c13-12(14,15)9-2-1-3-17-10(9)20-8-4-7(11(18)19)5-16-6-8/h1-6H,(H,18,19). The minimum Gasteiger partial charge on any atom is -0.478 e. The Morgan fingerprint density at radius 2 is 2.05 bits per heavy atom. The summed E-state index contributed by atoms with van der Waals surface area (Å²) in [6, 6.07) is 3.00. The van der Waals surface area contributed by atoms with Gasteiger partial charge in [0.2, 0.25) is 5.88 Å². The summed E-state index contributed by atoms with van der Waals surface area (Å²) in [7, 11) is 0. The van der Waals surface area contributed by atoms with E-state index in [1.54, 1.807) is 0 Å². The molecule has 0 saturated carbocycles. The van der Waals surface area contributed by atoms with Gasteiger partial charge in [-0.1, -0.05) is 0 Å². The maximum Gasteiger partial charge on any atom is 0.421 e. The number of carbonyl (C=O) groups is 1. The van der Waals surface area contributed by atoms with Crippen LogP contribution in [0.15, 0.2) is 36.8 Å². The summed E-state index contributed by atoms with van der Waals surface area (Å²) in [6.45, 7) is 0. The molecule has 0 bridgehead atoms. The van der Waals surface area contributed by atoms with Crippen LogP contribution in [-0.2, 0) is 6.18 Å². The maximum absolute atomic E-state index is 12.7. The lowest BCUT2D eigenvalue weighted by atomic mass is 10.2. The Morgan fingerprint density at radius 3 is 2.70 bits per heavy atom. The molecule has 1 N–H and O–H groups in total. The number of rotatable bonds is 3. The lowest BCUT2D eigenvalue weighted by Crippen LogP contribution is -2.08. The zero-order chi connectivity index (χ0) is 14.8. The highest BCUT2D eigenvalue weighted by atomic mass is 19.4. The Balaban J connectivity index is 2.36. The fourth-order valence-electron chi connectivity index (χ4n) is 1.39. The van der Waals surface area contributed by atoms with E-state index in [-0.39, 0.29) is 11.3 Å². The van der Waals surface area contributed by atoms with E-state index < -0.39 is 23.6 Å². The largest absolute Gasteiger partial charge is 0.478 e. The van der Waals surface area contributed by atoms with Crippen molar-refractivity contribution in [3.63, 3.8) is 0 Å². The van der Waals surface area contributed by atoms with Gasteiger partial charge in [-0.3, -0.25) is 4.98 Å². The predicted octanol–water partition coefficient (Wildman–Crippen LogP) is 2.99. The summed E-state index contributed by atoms with van der Waals surface area (Å²) in [4.78, 5) is 17.8. The molecule has 5 nitrogen and oxygen atoms in total. The van der Waals surface area contributed by atoms with Crippen LogP contribution in [0.25, 0.3) is 0 Å². The van der Waals surface area contributed by atoms with Gasteiger partial charge in [-0.25, -0.2) is 9.78 Å². The van der Waals surface area contributed by atoms with Crippen molar-refractivity contribution in [2.24, 2.45) is 0 Å². The van der Waals surface area contributed by atoms with Crippen LogP contribution < -0.4 is 4.74 Å². The number of carboxylic acids is 1. The lowest BCUT2D eigenvalue weighted by molar-refractivity contribution is -0.138. The molecule has 0 fully saturated rings. The van der Waals surface area contributed by atoms with Gasteiger partial charge in [0, 0.05) is 12.4 Å². The van der Waals surface area contributed by atoms with Crippen LogP contribution in [-0.4, -0.2) is 21.0 Å². The lowest BCUT2D eigenvalue weighted by Gasteiger charge is -2.12. The monoisotopic (exact) mass is 284 g/mol. The van der Waals surface area contributed by atoms with E-state index in [4.69, 9.17) is 9.84 Å². The van der Waals surface area contributed by atoms with E-state index in [9.17, 15) is 18.0 Å². The number of nitrogens with zero attached hydrogens (tertiary/aromatic N) is 2. The highest BCUT2D eigenvalue weighted by Gasteiger charge is 2.35. The number of carboxylic acid groups (broad SMARTS) is 1.